The molecule has 0 rings (SSSR count). The van der Waals surface area contributed by atoms with Crippen LogP contribution in [0.15, 0.2) is 12.1 Å². The second-order valence-electron chi connectivity index (χ2n) is 2.92. The third-order valence-corrected chi connectivity index (χ3v) is 1.37. The first-order valence-corrected chi connectivity index (χ1v) is 5.77. The highest BCUT2D eigenvalue weighted by Crippen LogP contribution is 2.10. The minimum atomic E-state index is -5.17. The lowest BCUT2D eigenvalue weighted by atomic mass is 10.1. The van der Waals surface area contributed by atoms with Gasteiger partial charge in [0, 0.05) is 48.9 Å². The van der Waals surface area contributed by atoms with E-state index in [0.717, 1.165) is 0 Å². The maximum Gasteiger partial charge on any atom is 0.305 e. The molecule has 2 N–H and O–H groups in total. The Morgan fingerprint density at radius 1 is 1.12 bits per heavy atom. The smallest absolute Gasteiger partial charge is 0.305 e. The van der Waals surface area contributed by atoms with Crippen LogP contribution in [0, 0.1) is 0 Å². The van der Waals surface area contributed by atoms with Gasteiger partial charge in [-0.2, -0.15) is 0 Å². The number of esters is 1. The molecular weight excluding hydrogens is 316 g/mol. The summed E-state index contributed by atoms with van der Waals surface area (Å²) >= 11 is 0. The highest BCUT2D eigenvalue weighted by molar-refractivity contribution is 5.69. The van der Waals surface area contributed by atoms with Crippen LogP contribution in [0.5, 0.6) is 0 Å². The quantitative estimate of drug-likeness (QED) is 0.226. The largest absolute Gasteiger partial charge is 0.463 e. The van der Waals surface area contributed by atoms with E-state index in [0.29, 0.717) is 0 Å². The van der Waals surface area contributed by atoms with E-state index in [9.17, 15) is 4.79 Å². The molecule has 0 saturated carbocycles. The van der Waals surface area contributed by atoms with Crippen LogP contribution in [0.2, 0.25) is 0 Å². The average molecular weight is 397 g/mol. The van der Waals surface area contributed by atoms with E-state index in [1.54, 1.807) is 0 Å². The normalized spacial score (nSPS) is 47.8. The van der Waals surface area contributed by atoms with Gasteiger partial charge in [-0.15, -0.1) is 0 Å². The van der Waals surface area contributed by atoms with Crippen LogP contribution in [0.25, 0.3) is 0 Å². The lowest BCUT2D eigenvalue weighted by Crippen LogP contribution is -2.21. The zero-order valence-corrected chi connectivity index (χ0v) is 12.1. The van der Waals surface area contributed by atoms with E-state index in [2.05, 4.69) is 15.0 Å². The molecule has 0 saturated heterocycles. The molecule has 0 aromatic rings. The Balaban J connectivity index is 7.74. The van der Waals surface area contributed by atoms with Crippen molar-refractivity contribution in [2.45, 2.75) is 102 Å². The molecule has 4 heteroatoms. The van der Waals surface area contributed by atoms with E-state index in [4.69, 9.17) is 55.0 Å². The van der Waals surface area contributed by atoms with Gasteiger partial charge in [0.1, 0.15) is 12.6 Å². The fourth-order valence-corrected chi connectivity index (χ4v) is 0.628. The number of carbonyl (C=O) groups is 1. The summed E-state index contributed by atoms with van der Waals surface area (Å²) in [4.78, 5) is 12.9. The minimum absolute atomic E-state index is 2.66. The number of rotatable bonds is 20. The summed E-state index contributed by atoms with van der Waals surface area (Å²) in [5, 5.41) is 6.97. The Kier molecular flexibility index (Phi) is 2.52. The van der Waals surface area contributed by atoms with Crippen molar-refractivity contribution >= 4 is 5.97 Å². The van der Waals surface area contributed by atoms with Crippen LogP contribution in [0.3, 0.4) is 0 Å². The molecule has 0 radical (unpaired) electrons. The third kappa shape index (κ3) is 19.3. The van der Waals surface area contributed by atoms with E-state index >= 15 is 0 Å². The first kappa shape index (κ1) is 3.24. The minimum Gasteiger partial charge on any atom is -0.463 e. The van der Waals surface area contributed by atoms with Crippen LogP contribution in [-0.2, 0) is 9.53 Å². The summed E-state index contributed by atoms with van der Waals surface area (Å²) in [5.41, 5.74) is 0. The number of allylic oxidation sites excluding steroid dienone is 2. The van der Waals surface area contributed by atoms with Crippen molar-refractivity contribution in [3.63, 3.8) is 0 Å². The lowest BCUT2D eigenvalue weighted by Gasteiger charge is -2.08. The Labute approximate surface area is 211 Å². The molecule has 148 valence electrons. The van der Waals surface area contributed by atoms with Gasteiger partial charge < -0.3 is 15.0 Å². The summed E-state index contributed by atoms with van der Waals surface area (Å²) in [6.45, 7) is -12.8. The molecule has 0 aromatic heterocycles. The number of ether oxygens (including phenoxy) is 1. The van der Waals surface area contributed by atoms with Crippen LogP contribution in [-0.4, -0.2) is 38.2 Å². The monoisotopic (exact) mass is 397 g/mol. The molecule has 0 aliphatic heterocycles. The standard InChI is InChI=1S/C21H40O4/c1-2-3-4-5-6-7-8-9-10-11-12-13-14-15-16-17-21(24)25-19-20(23)18-22/h9-10,20,22-23H,2-8,11-19H2,1H3/b10-9-/i1D3,2D2,3D2,4D2,5D2,6D2,7D2,8D2,9D,10D,11D2,12D2,13D2,14D2,15D2,16D2,17D2,18D2,19D2,20D,22D,23D. The topological polar surface area (TPSA) is 66.8 Å². The molecule has 0 aromatic carbocycles. The number of aliphatic hydroxyl groups is 2. The molecule has 0 fully saturated rings. The molecule has 4 nitrogen and oxygen atoms in total. The van der Waals surface area contributed by atoms with Crippen molar-refractivity contribution in [1.29, 1.82) is 2.86 Å². The number of carbonyl (C=O) groups excluding carboxylic acids is 1. The van der Waals surface area contributed by atoms with Gasteiger partial charge in [-0.1, -0.05) is 69.9 Å². The average Bonchev–Trinajstić information content (AvgIpc) is 3.11. The van der Waals surface area contributed by atoms with Crippen molar-refractivity contribution in [3.8, 4) is 0 Å². The highest BCUT2D eigenvalue weighted by atomic mass is 16.5. The Bertz CT molecular complexity index is 1780. The Morgan fingerprint density at radius 2 is 1.76 bits per heavy atom. The SMILES string of the molecule is [2H]OC([2H])([2H])C([2H])(O[2H])C([2H])([2H])OC(=O)C([2H])([2H])C([2H])([2H])C([2H])([2H])C([2H])([2H])C([2H])([2H])C([2H])([2H])C([2H])([2H])/C([2H])=C(/[2H])C([2H])([2H])C([2H])([2H])C([2H])([2H])C([2H])([2H])C([2H])([2H])C([2H])([2H])C([2H])([2H])C([2H])([2H])[2H]. The molecule has 0 spiro atoms. The van der Waals surface area contributed by atoms with Gasteiger partial charge in [-0.05, 0) is 31.9 Å². The number of hydrogen-bond acceptors (Lipinski definition) is 4. The predicted octanol–water partition coefficient (Wildman–Crippen LogP) is 4.92. The second-order valence-corrected chi connectivity index (χ2v) is 2.92. The summed E-state index contributed by atoms with van der Waals surface area (Å²) in [6.07, 6.45) is -73.5. The molecule has 0 heterocycles. The maximum absolute atomic E-state index is 12.9. The van der Waals surface area contributed by atoms with E-state index in [1.165, 1.54) is 0 Å². The van der Waals surface area contributed by atoms with E-state index in [-0.39, 0.29) is 0 Å². The van der Waals surface area contributed by atoms with Gasteiger partial charge in [0.15, 0.2) is 0 Å². The molecule has 1 unspecified atom stereocenters. The molecule has 25 heavy (non-hydrogen) atoms. The molecular formula is C21H40O4. The second kappa shape index (κ2) is 19.5. The van der Waals surface area contributed by atoms with Crippen LogP contribution < -0.4 is 0 Å². The first-order chi connectivity index (χ1) is 27.6. The highest BCUT2D eigenvalue weighted by Gasteiger charge is 2.07. The van der Waals surface area contributed by atoms with Crippen LogP contribution >= 0.6 is 0 Å². The molecule has 0 aliphatic rings. The molecule has 0 aliphatic carbocycles. The summed E-state index contributed by atoms with van der Waals surface area (Å²) < 4.78 is 320. The van der Waals surface area contributed by atoms with Gasteiger partial charge in [0.25, 0.3) is 0 Å². The zero-order valence-electron chi connectivity index (χ0n) is 52.1. The third-order valence-electron chi connectivity index (χ3n) is 1.37. The summed E-state index contributed by atoms with van der Waals surface area (Å²) in [7, 11) is 0. The Hall–Kier alpha value is -0.870. The van der Waals surface area contributed by atoms with Crippen LogP contribution in [0.1, 0.15) is 148 Å². The van der Waals surface area contributed by atoms with Gasteiger partial charge in [0.05, 0.1) is 16.2 Å². The fourth-order valence-electron chi connectivity index (χ4n) is 0.628. The van der Waals surface area contributed by atoms with Gasteiger partial charge in [0.2, 0.25) is 2.86 Å². The van der Waals surface area contributed by atoms with Crippen LogP contribution in [0.4, 0.5) is 0 Å². The van der Waals surface area contributed by atoms with Crippen molar-refractivity contribution in [1.82, 2.24) is 0 Å². The lowest BCUT2D eigenvalue weighted by molar-refractivity contribution is -0.147. The summed E-state index contributed by atoms with van der Waals surface area (Å²) in [5.74, 6) is -3.06. The van der Waals surface area contributed by atoms with Crippen molar-refractivity contribution in [2.24, 2.45) is 0 Å². The zero-order chi connectivity index (χ0) is 53.9. The van der Waals surface area contributed by atoms with E-state index in [1.807, 2.05) is 0 Å². The maximum atomic E-state index is 12.9. The predicted molar refractivity (Wildman–Crippen MR) is 104 cm³/mol. The first-order valence-electron chi connectivity index (χ1n) is 25.6. The van der Waals surface area contributed by atoms with E-state index < -0.39 is 133 Å². The van der Waals surface area contributed by atoms with Gasteiger partial charge in [-0.3, -0.25) is 4.79 Å². The van der Waals surface area contributed by atoms with Gasteiger partial charge in [-0.25, -0.2) is 0 Å². The van der Waals surface area contributed by atoms with Crippen molar-refractivity contribution < 1.29 is 71.8 Å². The summed E-state index contributed by atoms with van der Waals surface area (Å²) in [6, 6.07) is -5.34. The van der Waals surface area contributed by atoms with Crippen molar-refractivity contribution in [2.75, 3.05) is 13.1 Å². The number of hydrogen-bond donors (Lipinski definition) is 2. The Morgan fingerprint density at radius 3 is 2.40 bits per heavy atom. The van der Waals surface area contributed by atoms with Gasteiger partial charge >= 0.3 is 5.97 Å². The molecule has 1 atom stereocenters. The fraction of sp³-hybridized carbons (Fsp3) is 0.857. The van der Waals surface area contributed by atoms with Crippen molar-refractivity contribution in [3.05, 3.63) is 12.1 Å². The molecule has 0 bridgehead atoms. The molecule has 0 amide bonds.